The van der Waals surface area contributed by atoms with E-state index in [0.29, 0.717) is 11.3 Å². The Morgan fingerprint density at radius 1 is 0.971 bits per heavy atom. The van der Waals surface area contributed by atoms with Gasteiger partial charge in [-0.15, -0.1) is 0 Å². The summed E-state index contributed by atoms with van der Waals surface area (Å²) in [6.45, 7) is 3.84. The summed E-state index contributed by atoms with van der Waals surface area (Å²) in [6, 6.07) is 23.8. The van der Waals surface area contributed by atoms with E-state index in [2.05, 4.69) is 0 Å². The van der Waals surface area contributed by atoms with Gasteiger partial charge in [0.05, 0.1) is 10.4 Å². The summed E-state index contributed by atoms with van der Waals surface area (Å²) in [6.07, 6.45) is 0. The first kappa shape index (κ1) is 23.1. The molecule has 2 heterocycles. The van der Waals surface area contributed by atoms with Gasteiger partial charge >= 0.3 is 5.97 Å². The predicted octanol–water partition coefficient (Wildman–Crippen LogP) is 4.38. The number of aliphatic carboxylic acids is 1. The first-order valence-electron chi connectivity index (χ1n) is 11.4. The predicted molar refractivity (Wildman–Crippen MR) is 133 cm³/mol. The summed E-state index contributed by atoms with van der Waals surface area (Å²) < 4.78 is 36.7. The van der Waals surface area contributed by atoms with Crippen molar-refractivity contribution in [3.8, 4) is 5.75 Å². The van der Waals surface area contributed by atoms with Crippen LogP contribution in [-0.2, 0) is 26.9 Å². The van der Waals surface area contributed by atoms with Crippen LogP contribution in [0.15, 0.2) is 83.8 Å². The number of aromatic nitrogens is 1. The number of para-hydroxylation sites is 2. The Kier molecular flexibility index (Phi) is 5.65. The molecule has 0 fully saturated rings. The number of ether oxygens (including phenoxy) is 1. The van der Waals surface area contributed by atoms with Crippen LogP contribution in [0.1, 0.15) is 23.7 Å². The molecule has 35 heavy (non-hydrogen) atoms. The molecular formula is C27H26N2O5S. The van der Waals surface area contributed by atoms with Gasteiger partial charge in [0.15, 0.2) is 0 Å². The third-order valence-corrected chi connectivity index (χ3v) is 8.84. The second-order valence-corrected chi connectivity index (χ2v) is 10.6. The molecule has 0 radical (unpaired) electrons. The molecule has 8 heteroatoms. The molecule has 1 aliphatic heterocycles. The van der Waals surface area contributed by atoms with Crippen molar-refractivity contribution < 1.29 is 23.1 Å². The maximum absolute atomic E-state index is 13.8. The van der Waals surface area contributed by atoms with Crippen LogP contribution in [0.3, 0.4) is 0 Å². The molecule has 0 saturated heterocycles. The SMILES string of the molecule is Cc1c(C2(C)c3ccccc3S(=O)(=O)N2CCOc2ccccc2)c2ccccc2n1CC(=O)O. The molecule has 3 aromatic carbocycles. The number of rotatable bonds is 7. The Morgan fingerprint density at radius 2 is 1.63 bits per heavy atom. The van der Waals surface area contributed by atoms with Crippen LogP contribution in [0.5, 0.6) is 5.75 Å². The lowest BCUT2D eigenvalue weighted by Gasteiger charge is -2.35. The van der Waals surface area contributed by atoms with Gasteiger partial charge in [-0.3, -0.25) is 4.79 Å². The van der Waals surface area contributed by atoms with E-state index in [-0.39, 0.29) is 24.6 Å². The van der Waals surface area contributed by atoms with Gasteiger partial charge < -0.3 is 14.4 Å². The topological polar surface area (TPSA) is 88.8 Å². The standard InChI is InChI=1S/C27H26N2O5S/c1-19-26(21-12-6-8-14-23(21)28(19)18-25(30)31)27(2)22-13-7-9-15-24(22)35(32,33)29(27)16-17-34-20-10-4-3-5-11-20/h3-15H,16-18H2,1-2H3,(H,30,31). The molecular weight excluding hydrogens is 464 g/mol. The minimum atomic E-state index is -3.83. The minimum Gasteiger partial charge on any atom is -0.492 e. The van der Waals surface area contributed by atoms with Crippen molar-refractivity contribution >= 4 is 26.9 Å². The molecule has 1 aliphatic rings. The van der Waals surface area contributed by atoms with Crippen LogP contribution < -0.4 is 4.74 Å². The summed E-state index contributed by atoms with van der Waals surface area (Å²) in [5.74, 6) is -0.296. The van der Waals surface area contributed by atoms with E-state index in [0.717, 1.165) is 22.2 Å². The van der Waals surface area contributed by atoms with Crippen molar-refractivity contribution in [2.24, 2.45) is 0 Å². The molecule has 1 unspecified atom stereocenters. The summed E-state index contributed by atoms with van der Waals surface area (Å²) in [5.41, 5.74) is 1.87. The molecule has 1 atom stereocenters. The van der Waals surface area contributed by atoms with Crippen LogP contribution in [0, 0.1) is 6.92 Å². The van der Waals surface area contributed by atoms with E-state index in [1.807, 2.05) is 80.6 Å². The Morgan fingerprint density at radius 3 is 2.37 bits per heavy atom. The monoisotopic (exact) mass is 490 g/mol. The highest BCUT2D eigenvalue weighted by atomic mass is 32.2. The lowest BCUT2D eigenvalue weighted by atomic mass is 9.82. The molecule has 5 rings (SSSR count). The first-order valence-corrected chi connectivity index (χ1v) is 12.8. The Hall–Kier alpha value is -3.62. The zero-order valence-corrected chi connectivity index (χ0v) is 20.3. The van der Waals surface area contributed by atoms with Crippen molar-refractivity contribution in [2.75, 3.05) is 13.2 Å². The average Bonchev–Trinajstić information content (AvgIpc) is 3.21. The molecule has 0 amide bonds. The third-order valence-electron chi connectivity index (χ3n) is 6.80. The maximum Gasteiger partial charge on any atom is 0.323 e. The Labute approximate surface area is 204 Å². The number of carboxylic acids is 1. The fraction of sp³-hybridized carbons (Fsp3) is 0.222. The third kappa shape index (κ3) is 3.61. The molecule has 1 N–H and O–H groups in total. The van der Waals surface area contributed by atoms with Gasteiger partial charge in [-0.1, -0.05) is 54.6 Å². The molecule has 0 aliphatic carbocycles. The zero-order chi connectivity index (χ0) is 24.8. The minimum absolute atomic E-state index is 0.125. The molecule has 0 saturated carbocycles. The Balaban J connectivity index is 1.69. The second-order valence-electron chi connectivity index (χ2n) is 8.76. The van der Waals surface area contributed by atoms with E-state index >= 15 is 0 Å². The summed E-state index contributed by atoms with van der Waals surface area (Å²) >= 11 is 0. The average molecular weight is 491 g/mol. The van der Waals surface area contributed by atoms with Crippen LogP contribution in [0.25, 0.3) is 10.9 Å². The lowest BCUT2D eigenvalue weighted by Crippen LogP contribution is -2.45. The number of benzene rings is 3. The van der Waals surface area contributed by atoms with E-state index in [9.17, 15) is 18.3 Å². The molecule has 7 nitrogen and oxygen atoms in total. The van der Waals surface area contributed by atoms with Crippen molar-refractivity contribution in [3.63, 3.8) is 0 Å². The van der Waals surface area contributed by atoms with Gasteiger partial charge in [-0.2, -0.15) is 4.31 Å². The lowest BCUT2D eigenvalue weighted by molar-refractivity contribution is -0.137. The normalized spacial score (nSPS) is 19.0. The molecule has 180 valence electrons. The number of hydrogen-bond donors (Lipinski definition) is 1. The largest absolute Gasteiger partial charge is 0.492 e. The Bertz CT molecular complexity index is 1530. The molecule has 4 aromatic rings. The smallest absolute Gasteiger partial charge is 0.323 e. The fourth-order valence-electron chi connectivity index (χ4n) is 5.34. The highest BCUT2D eigenvalue weighted by Crippen LogP contribution is 2.51. The number of fused-ring (bicyclic) bond motifs is 2. The van der Waals surface area contributed by atoms with Crippen LogP contribution in [0.2, 0.25) is 0 Å². The van der Waals surface area contributed by atoms with Crippen LogP contribution in [-0.4, -0.2) is 41.5 Å². The van der Waals surface area contributed by atoms with Crippen LogP contribution >= 0.6 is 0 Å². The molecule has 1 aromatic heterocycles. The number of sulfonamides is 1. The number of hydrogen-bond acceptors (Lipinski definition) is 4. The van der Waals surface area contributed by atoms with Gasteiger partial charge in [-0.05, 0) is 43.7 Å². The quantitative estimate of drug-likeness (QED) is 0.415. The first-order chi connectivity index (χ1) is 16.8. The van der Waals surface area contributed by atoms with Crippen molar-refractivity contribution in [2.45, 2.75) is 30.8 Å². The van der Waals surface area contributed by atoms with Gasteiger partial charge in [0.25, 0.3) is 0 Å². The van der Waals surface area contributed by atoms with Crippen molar-refractivity contribution in [1.29, 1.82) is 0 Å². The van der Waals surface area contributed by atoms with E-state index in [1.54, 1.807) is 16.7 Å². The number of carboxylic acid groups (broad SMARTS) is 1. The van der Waals surface area contributed by atoms with E-state index < -0.39 is 21.5 Å². The fourth-order valence-corrected chi connectivity index (χ4v) is 7.36. The van der Waals surface area contributed by atoms with Crippen LogP contribution in [0.4, 0.5) is 0 Å². The highest BCUT2D eigenvalue weighted by Gasteiger charge is 2.53. The molecule has 0 spiro atoms. The second kappa shape index (κ2) is 8.55. The summed E-state index contributed by atoms with van der Waals surface area (Å²) in [5, 5.41) is 10.4. The molecule has 0 bridgehead atoms. The number of carbonyl (C=O) groups is 1. The summed E-state index contributed by atoms with van der Waals surface area (Å²) in [4.78, 5) is 11.9. The van der Waals surface area contributed by atoms with Gasteiger partial charge in [0.2, 0.25) is 10.0 Å². The number of nitrogens with zero attached hydrogens (tertiary/aromatic N) is 2. The van der Waals surface area contributed by atoms with Gasteiger partial charge in [0.1, 0.15) is 18.9 Å². The highest BCUT2D eigenvalue weighted by molar-refractivity contribution is 7.89. The summed E-state index contributed by atoms with van der Waals surface area (Å²) in [7, 11) is -3.83. The zero-order valence-electron chi connectivity index (χ0n) is 19.5. The van der Waals surface area contributed by atoms with Gasteiger partial charge in [-0.25, -0.2) is 8.42 Å². The maximum atomic E-state index is 13.8. The van der Waals surface area contributed by atoms with Crippen molar-refractivity contribution in [1.82, 2.24) is 8.87 Å². The van der Waals surface area contributed by atoms with Crippen molar-refractivity contribution in [3.05, 3.63) is 95.7 Å². The van der Waals surface area contributed by atoms with Gasteiger partial charge in [0, 0.05) is 28.7 Å². The van der Waals surface area contributed by atoms with E-state index in [1.165, 1.54) is 4.31 Å². The van der Waals surface area contributed by atoms with E-state index in [4.69, 9.17) is 4.74 Å².